The Morgan fingerprint density at radius 1 is 1.29 bits per heavy atom. The molecular formula is C10H9N3O. The van der Waals surface area contributed by atoms with Gasteiger partial charge in [-0.05, 0) is 23.8 Å². The summed E-state index contributed by atoms with van der Waals surface area (Å²) in [6.45, 7) is 0. The molecule has 1 aliphatic heterocycles. The smallest absolute Gasteiger partial charge is 0.292 e. The molecule has 0 saturated carbocycles. The molecule has 1 aromatic rings. The lowest BCUT2D eigenvalue weighted by atomic mass is 9.99. The number of carbonyl (C=O) groups excluding carboxylic acids is 1. The first-order valence-corrected chi connectivity index (χ1v) is 4.23. The second kappa shape index (κ2) is 3.41. The largest absolute Gasteiger partial charge is 0.394 e. The first-order chi connectivity index (χ1) is 6.77. The highest BCUT2D eigenvalue weighted by Gasteiger charge is 2.14. The minimum Gasteiger partial charge on any atom is -0.394 e. The highest BCUT2D eigenvalue weighted by molar-refractivity contribution is 6.01. The van der Waals surface area contributed by atoms with Crippen molar-refractivity contribution in [2.45, 2.75) is 5.92 Å². The van der Waals surface area contributed by atoms with E-state index in [0.717, 1.165) is 5.56 Å². The van der Waals surface area contributed by atoms with Gasteiger partial charge >= 0.3 is 0 Å². The molecule has 2 rings (SSSR count). The number of carbonyl (C=O) groups is 1. The lowest BCUT2D eigenvalue weighted by Gasteiger charge is -2.11. The van der Waals surface area contributed by atoms with Crippen LogP contribution in [0, 0.1) is 0 Å². The molecule has 2 heterocycles. The van der Waals surface area contributed by atoms with Crippen LogP contribution in [0.15, 0.2) is 41.3 Å². The predicted octanol–water partition coefficient (Wildman–Crippen LogP) is 0.619. The van der Waals surface area contributed by atoms with Crippen molar-refractivity contribution in [2.75, 3.05) is 0 Å². The molecule has 1 atom stereocenters. The van der Waals surface area contributed by atoms with Crippen LogP contribution in [0.5, 0.6) is 0 Å². The van der Waals surface area contributed by atoms with E-state index in [9.17, 15) is 4.79 Å². The average Bonchev–Trinajstić information content (AvgIpc) is 2.23. The Hall–Kier alpha value is -1.97. The summed E-state index contributed by atoms with van der Waals surface area (Å²) >= 11 is 0. The van der Waals surface area contributed by atoms with E-state index in [0.29, 0.717) is 0 Å². The Morgan fingerprint density at radius 3 is 2.64 bits per heavy atom. The van der Waals surface area contributed by atoms with Crippen molar-refractivity contribution >= 4 is 12.1 Å². The fourth-order valence-corrected chi connectivity index (χ4v) is 1.30. The van der Waals surface area contributed by atoms with Crippen LogP contribution in [-0.2, 0) is 4.79 Å². The molecule has 4 heteroatoms. The number of amides is 1. The minimum absolute atomic E-state index is 0.0179. The Kier molecular flexibility index (Phi) is 2.10. The Morgan fingerprint density at radius 2 is 2.00 bits per heavy atom. The number of aromatic nitrogens is 1. The molecule has 4 nitrogen and oxygen atoms in total. The molecule has 0 aromatic carbocycles. The van der Waals surface area contributed by atoms with E-state index >= 15 is 0 Å². The number of allylic oxidation sites excluding steroid dienone is 1. The number of nitrogens with two attached hydrogens (primary N) is 1. The SMILES string of the molecule is NC1=CC(c2ccncc2)C=NC1=O. The van der Waals surface area contributed by atoms with Gasteiger partial charge in [0.05, 0.1) is 5.70 Å². The van der Waals surface area contributed by atoms with Crippen molar-refractivity contribution in [1.29, 1.82) is 0 Å². The summed E-state index contributed by atoms with van der Waals surface area (Å²) in [5, 5.41) is 0. The number of pyridine rings is 1. The zero-order valence-electron chi connectivity index (χ0n) is 7.42. The molecule has 1 aromatic heterocycles. The zero-order valence-corrected chi connectivity index (χ0v) is 7.42. The number of dihydropyridines is 1. The van der Waals surface area contributed by atoms with Crippen molar-refractivity contribution in [3.63, 3.8) is 0 Å². The number of aliphatic imine (C=N–C) groups is 1. The van der Waals surface area contributed by atoms with Gasteiger partial charge in [-0.15, -0.1) is 0 Å². The van der Waals surface area contributed by atoms with Crippen LogP contribution in [-0.4, -0.2) is 17.1 Å². The second-order valence-corrected chi connectivity index (χ2v) is 3.01. The van der Waals surface area contributed by atoms with E-state index < -0.39 is 0 Å². The normalized spacial score (nSPS) is 20.7. The van der Waals surface area contributed by atoms with Crippen LogP contribution in [0.1, 0.15) is 11.5 Å². The number of hydrogen-bond donors (Lipinski definition) is 1. The monoisotopic (exact) mass is 187 g/mol. The molecule has 2 N–H and O–H groups in total. The molecule has 70 valence electrons. The first-order valence-electron chi connectivity index (χ1n) is 4.23. The summed E-state index contributed by atoms with van der Waals surface area (Å²) in [6.07, 6.45) is 6.69. The lowest BCUT2D eigenvalue weighted by Crippen LogP contribution is -2.16. The minimum atomic E-state index is -0.365. The fraction of sp³-hybridized carbons (Fsp3) is 0.100. The maximum absolute atomic E-state index is 11.0. The third-order valence-electron chi connectivity index (χ3n) is 2.05. The lowest BCUT2D eigenvalue weighted by molar-refractivity contribution is -0.114. The van der Waals surface area contributed by atoms with Crippen LogP contribution >= 0.6 is 0 Å². The highest BCUT2D eigenvalue weighted by atomic mass is 16.1. The Balaban J connectivity index is 2.31. The van der Waals surface area contributed by atoms with Gasteiger partial charge in [0, 0.05) is 24.5 Å². The summed E-state index contributed by atoms with van der Waals surface area (Å²) < 4.78 is 0. The van der Waals surface area contributed by atoms with E-state index in [1.54, 1.807) is 24.7 Å². The van der Waals surface area contributed by atoms with Gasteiger partial charge in [0.1, 0.15) is 0 Å². The highest BCUT2D eigenvalue weighted by Crippen LogP contribution is 2.18. The molecule has 0 saturated heterocycles. The van der Waals surface area contributed by atoms with E-state index in [1.165, 1.54) is 0 Å². The topological polar surface area (TPSA) is 68.3 Å². The van der Waals surface area contributed by atoms with Crippen LogP contribution in [0.2, 0.25) is 0 Å². The van der Waals surface area contributed by atoms with Crippen LogP contribution in [0.4, 0.5) is 0 Å². The second-order valence-electron chi connectivity index (χ2n) is 3.01. The molecule has 0 aliphatic carbocycles. The van der Waals surface area contributed by atoms with E-state index in [2.05, 4.69) is 9.98 Å². The summed E-state index contributed by atoms with van der Waals surface area (Å²) in [5.74, 6) is -0.383. The van der Waals surface area contributed by atoms with Crippen molar-refractivity contribution in [1.82, 2.24) is 4.98 Å². The van der Waals surface area contributed by atoms with Crippen molar-refractivity contribution in [2.24, 2.45) is 10.7 Å². The molecule has 1 aliphatic rings. The third kappa shape index (κ3) is 1.54. The van der Waals surface area contributed by atoms with Gasteiger partial charge in [-0.1, -0.05) is 0 Å². The summed E-state index contributed by atoms with van der Waals surface area (Å²) in [4.78, 5) is 18.6. The fourth-order valence-electron chi connectivity index (χ4n) is 1.30. The van der Waals surface area contributed by atoms with Gasteiger partial charge < -0.3 is 5.73 Å². The number of hydrogen-bond acceptors (Lipinski definition) is 3. The van der Waals surface area contributed by atoms with E-state index in [4.69, 9.17) is 5.73 Å². The summed E-state index contributed by atoms with van der Waals surface area (Å²) in [6, 6.07) is 3.74. The van der Waals surface area contributed by atoms with Gasteiger partial charge in [0.2, 0.25) is 0 Å². The van der Waals surface area contributed by atoms with Crippen molar-refractivity contribution < 1.29 is 4.79 Å². The average molecular weight is 187 g/mol. The van der Waals surface area contributed by atoms with E-state index in [-0.39, 0.29) is 17.5 Å². The molecule has 14 heavy (non-hydrogen) atoms. The maximum atomic E-state index is 11.0. The van der Waals surface area contributed by atoms with Gasteiger partial charge in [-0.25, -0.2) is 4.99 Å². The molecule has 0 fully saturated rings. The zero-order chi connectivity index (χ0) is 9.97. The van der Waals surface area contributed by atoms with Gasteiger partial charge in [-0.3, -0.25) is 9.78 Å². The maximum Gasteiger partial charge on any atom is 0.292 e. The van der Waals surface area contributed by atoms with Crippen LogP contribution in [0.3, 0.4) is 0 Å². The summed E-state index contributed by atoms with van der Waals surface area (Å²) in [7, 11) is 0. The Labute approximate surface area is 81.2 Å². The van der Waals surface area contributed by atoms with E-state index in [1.807, 2.05) is 12.1 Å². The number of rotatable bonds is 1. The number of nitrogens with zero attached hydrogens (tertiary/aromatic N) is 2. The standard InChI is InChI=1S/C10H9N3O/c11-9-5-8(6-13-10(9)14)7-1-3-12-4-2-7/h1-6,8H,11H2. The van der Waals surface area contributed by atoms with Crippen LogP contribution < -0.4 is 5.73 Å². The Bertz CT molecular complexity index is 409. The third-order valence-corrected chi connectivity index (χ3v) is 2.05. The molecule has 0 spiro atoms. The van der Waals surface area contributed by atoms with Crippen molar-refractivity contribution in [3.8, 4) is 0 Å². The first kappa shape index (κ1) is 8.62. The van der Waals surface area contributed by atoms with Gasteiger partial charge in [0.15, 0.2) is 0 Å². The summed E-state index contributed by atoms with van der Waals surface area (Å²) in [5.41, 5.74) is 6.72. The van der Waals surface area contributed by atoms with Crippen LogP contribution in [0.25, 0.3) is 0 Å². The van der Waals surface area contributed by atoms with Gasteiger partial charge in [-0.2, -0.15) is 0 Å². The molecule has 0 radical (unpaired) electrons. The molecule has 1 amide bonds. The molecule has 0 bridgehead atoms. The van der Waals surface area contributed by atoms with Gasteiger partial charge in [0.25, 0.3) is 5.91 Å². The quantitative estimate of drug-likeness (QED) is 0.700. The van der Waals surface area contributed by atoms with Crippen molar-refractivity contribution in [3.05, 3.63) is 41.9 Å². The molecular weight excluding hydrogens is 178 g/mol. The predicted molar refractivity (Wildman–Crippen MR) is 52.7 cm³/mol. The molecule has 1 unspecified atom stereocenters.